The molecule has 3 fully saturated rings. The van der Waals surface area contributed by atoms with Gasteiger partial charge < -0.3 is 33.6 Å². The Balaban J connectivity index is 1.35. The van der Waals surface area contributed by atoms with Gasteiger partial charge in [-0.3, -0.25) is 4.79 Å². The van der Waals surface area contributed by atoms with Crippen molar-refractivity contribution < 1.29 is 28.5 Å². The molecule has 1 aromatic heterocycles. The average Bonchev–Trinajstić information content (AvgIpc) is 3.28. The van der Waals surface area contributed by atoms with Gasteiger partial charge in [-0.05, 0) is 39.8 Å². The maximum absolute atomic E-state index is 13.1. The van der Waals surface area contributed by atoms with E-state index in [1.54, 1.807) is 0 Å². The van der Waals surface area contributed by atoms with Crippen LogP contribution in [0.2, 0.25) is 0 Å². The molecule has 0 spiro atoms. The maximum Gasteiger partial charge on any atom is 0.252 e. The maximum atomic E-state index is 13.1. The lowest BCUT2D eigenvalue weighted by molar-refractivity contribution is -0.231. The molecule has 0 bridgehead atoms. The molecule has 30 heavy (non-hydrogen) atoms. The van der Waals surface area contributed by atoms with E-state index in [9.17, 15) is 4.79 Å². The number of hydrogen-bond donors (Lipinski definition) is 1. The summed E-state index contributed by atoms with van der Waals surface area (Å²) in [7, 11) is 1.93. The summed E-state index contributed by atoms with van der Waals surface area (Å²) in [4.78, 5) is 17.7. The fourth-order valence-corrected chi connectivity index (χ4v) is 4.44. The van der Waals surface area contributed by atoms with Crippen LogP contribution in [0, 0.1) is 0 Å². The number of carbonyl (C=O) groups is 1. The number of amides is 1. The fraction of sp³-hybridized carbons (Fsp3) is 0.619. The largest absolute Gasteiger partial charge is 0.347 e. The molecule has 0 radical (unpaired) electrons. The average molecular weight is 417 g/mol. The first-order valence-corrected chi connectivity index (χ1v) is 10.2. The predicted molar refractivity (Wildman–Crippen MR) is 105 cm³/mol. The molecule has 1 aromatic carbocycles. The van der Waals surface area contributed by atoms with E-state index in [2.05, 4.69) is 10.3 Å². The first kappa shape index (κ1) is 19.9. The molecule has 4 heterocycles. The molecular formula is C21H27N3O6. The van der Waals surface area contributed by atoms with Gasteiger partial charge in [-0.25, -0.2) is 4.98 Å². The quantitative estimate of drug-likeness (QED) is 0.811. The second kappa shape index (κ2) is 6.73. The van der Waals surface area contributed by atoms with Crippen molar-refractivity contribution in [1.82, 2.24) is 14.9 Å². The van der Waals surface area contributed by atoms with Crippen molar-refractivity contribution in [3.05, 3.63) is 30.1 Å². The molecule has 1 N–H and O–H groups in total. The van der Waals surface area contributed by atoms with Gasteiger partial charge in [-0.2, -0.15) is 0 Å². The minimum Gasteiger partial charge on any atom is -0.347 e. The van der Waals surface area contributed by atoms with Crippen LogP contribution in [0.3, 0.4) is 0 Å². The Morgan fingerprint density at radius 3 is 2.47 bits per heavy atom. The Kier molecular flexibility index (Phi) is 4.46. The third-order valence-corrected chi connectivity index (χ3v) is 5.71. The van der Waals surface area contributed by atoms with E-state index in [1.165, 1.54) is 0 Å². The third-order valence-electron chi connectivity index (χ3n) is 5.71. The van der Waals surface area contributed by atoms with Crippen LogP contribution < -0.4 is 5.32 Å². The van der Waals surface area contributed by atoms with Crippen molar-refractivity contribution in [3.63, 3.8) is 0 Å². The molecule has 9 nitrogen and oxygen atoms in total. The van der Waals surface area contributed by atoms with E-state index in [0.29, 0.717) is 0 Å². The first-order valence-electron chi connectivity index (χ1n) is 10.2. The van der Waals surface area contributed by atoms with Crippen molar-refractivity contribution in [2.75, 3.05) is 0 Å². The number of carbonyl (C=O) groups excluding carboxylic acids is 1. The lowest BCUT2D eigenvalue weighted by Crippen LogP contribution is -2.59. The molecule has 0 saturated carbocycles. The van der Waals surface area contributed by atoms with Gasteiger partial charge in [0.15, 0.2) is 24.0 Å². The van der Waals surface area contributed by atoms with Crippen LogP contribution >= 0.6 is 0 Å². The molecule has 1 amide bonds. The summed E-state index contributed by atoms with van der Waals surface area (Å²) in [5.74, 6) is -1.22. The minimum absolute atomic E-state index is 0.266. The van der Waals surface area contributed by atoms with Gasteiger partial charge in [-0.1, -0.05) is 12.1 Å². The standard InChI is InChI=1S/C21H27N3O6/c1-20(2)27-14-15(28-20)17-19(30-21(3,4)29-17)26-16(14)18(25)22-10-13-23-11-8-6-7-9-12(11)24(13)5/h6-9,14-17,19H,10H2,1-5H3,(H,22,25)/t14-,15+,16+,17-,19-/m1/s1. The minimum atomic E-state index is -0.884. The Morgan fingerprint density at radius 1 is 1.03 bits per heavy atom. The number of nitrogens with one attached hydrogen (secondary N) is 1. The number of benzene rings is 1. The summed E-state index contributed by atoms with van der Waals surface area (Å²) < 4.78 is 31.9. The van der Waals surface area contributed by atoms with Crippen LogP contribution in [-0.2, 0) is 42.1 Å². The Labute approximate surface area is 174 Å². The summed E-state index contributed by atoms with van der Waals surface area (Å²) >= 11 is 0. The summed E-state index contributed by atoms with van der Waals surface area (Å²) in [6, 6.07) is 7.84. The Morgan fingerprint density at radius 2 is 1.70 bits per heavy atom. The predicted octanol–water partition coefficient (Wildman–Crippen LogP) is 1.59. The van der Waals surface area contributed by atoms with Crippen LogP contribution in [-0.4, -0.2) is 57.7 Å². The molecule has 3 aliphatic heterocycles. The van der Waals surface area contributed by atoms with E-state index in [-0.39, 0.29) is 12.5 Å². The smallest absolute Gasteiger partial charge is 0.252 e. The second-order valence-electron chi connectivity index (χ2n) is 8.88. The van der Waals surface area contributed by atoms with Crippen molar-refractivity contribution in [1.29, 1.82) is 0 Å². The number of hydrogen-bond acceptors (Lipinski definition) is 7. The molecule has 2 aromatic rings. The monoisotopic (exact) mass is 417 g/mol. The van der Waals surface area contributed by atoms with Crippen molar-refractivity contribution >= 4 is 16.9 Å². The molecule has 5 atom stereocenters. The molecule has 162 valence electrons. The molecule has 5 rings (SSSR count). The van der Waals surface area contributed by atoms with Crippen molar-refractivity contribution in [3.8, 4) is 0 Å². The normalized spacial score (nSPS) is 34.0. The zero-order valence-electron chi connectivity index (χ0n) is 17.7. The lowest BCUT2D eigenvalue weighted by Gasteiger charge is -2.36. The molecule has 0 aliphatic carbocycles. The molecule has 9 heteroatoms. The van der Waals surface area contributed by atoms with Gasteiger partial charge in [0.1, 0.15) is 24.1 Å². The summed E-state index contributed by atoms with van der Waals surface area (Å²) in [5.41, 5.74) is 1.89. The Bertz CT molecular complexity index is 986. The van der Waals surface area contributed by atoms with Gasteiger partial charge in [-0.15, -0.1) is 0 Å². The number of aromatic nitrogens is 2. The number of fused-ring (bicyclic) bond motifs is 4. The van der Waals surface area contributed by atoms with Gasteiger partial charge in [0, 0.05) is 7.05 Å². The number of aryl methyl sites for hydroxylation is 1. The number of imidazole rings is 1. The van der Waals surface area contributed by atoms with E-state index in [0.717, 1.165) is 16.9 Å². The van der Waals surface area contributed by atoms with Crippen LogP contribution in [0.5, 0.6) is 0 Å². The van der Waals surface area contributed by atoms with E-state index < -0.39 is 42.3 Å². The Hall–Kier alpha value is -2.04. The molecule has 3 saturated heterocycles. The number of ether oxygens (including phenoxy) is 5. The van der Waals surface area contributed by atoms with E-state index in [4.69, 9.17) is 23.7 Å². The molecule has 3 aliphatic rings. The molecule has 0 unspecified atom stereocenters. The zero-order valence-corrected chi connectivity index (χ0v) is 17.7. The van der Waals surface area contributed by atoms with Gasteiger partial charge in [0.05, 0.1) is 17.6 Å². The highest BCUT2D eigenvalue weighted by Crippen LogP contribution is 2.44. The van der Waals surface area contributed by atoms with Gasteiger partial charge >= 0.3 is 0 Å². The lowest BCUT2D eigenvalue weighted by atomic mass is 9.98. The summed E-state index contributed by atoms with van der Waals surface area (Å²) in [6.07, 6.45) is -3.11. The first-order chi connectivity index (χ1) is 14.1. The van der Waals surface area contributed by atoms with Gasteiger partial charge in [0.2, 0.25) is 0 Å². The van der Waals surface area contributed by atoms with Gasteiger partial charge in [0.25, 0.3) is 5.91 Å². The fourth-order valence-electron chi connectivity index (χ4n) is 4.44. The summed E-state index contributed by atoms with van der Waals surface area (Å²) in [6.45, 7) is 7.52. The van der Waals surface area contributed by atoms with Crippen LogP contribution in [0.15, 0.2) is 24.3 Å². The third kappa shape index (κ3) is 3.30. The van der Waals surface area contributed by atoms with Crippen LogP contribution in [0.1, 0.15) is 33.5 Å². The number of rotatable bonds is 3. The SMILES string of the molecule is Cn1c(CNC(=O)[C@H]2O[C@@H]3OC(C)(C)O[C@@H]3[C@H]3OC(C)(C)O[C@H]32)nc2ccccc21. The topological polar surface area (TPSA) is 93.1 Å². The highest BCUT2D eigenvalue weighted by Gasteiger charge is 2.62. The second-order valence-corrected chi connectivity index (χ2v) is 8.88. The van der Waals surface area contributed by atoms with Crippen molar-refractivity contribution in [2.45, 2.75) is 76.5 Å². The highest BCUT2D eigenvalue weighted by molar-refractivity contribution is 5.82. The zero-order chi connectivity index (χ0) is 21.3. The summed E-state index contributed by atoms with van der Waals surface area (Å²) in [5, 5.41) is 2.93. The molecular weight excluding hydrogens is 390 g/mol. The van der Waals surface area contributed by atoms with E-state index in [1.807, 2.05) is 63.6 Å². The number of nitrogens with zero attached hydrogens (tertiary/aromatic N) is 2. The highest BCUT2D eigenvalue weighted by atomic mass is 16.9. The van der Waals surface area contributed by atoms with Crippen LogP contribution in [0.25, 0.3) is 11.0 Å². The van der Waals surface area contributed by atoms with E-state index >= 15 is 0 Å². The van der Waals surface area contributed by atoms with Crippen LogP contribution in [0.4, 0.5) is 0 Å². The number of para-hydroxylation sites is 2. The van der Waals surface area contributed by atoms with Crippen molar-refractivity contribution in [2.24, 2.45) is 7.05 Å².